The van der Waals surface area contributed by atoms with E-state index in [1.807, 2.05) is 0 Å². The van der Waals surface area contributed by atoms with Crippen molar-refractivity contribution in [3.8, 4) is 11.5 Å². The zero-order valence-electron chi connectivity index (χ0n) is 9.89. The van der Waals surface area contributed by atoms with Crippen molar-refractivity contribution in [2.45, 2.75) is 0 Å². The van der Waals surface area contributed by atoms with Crippen molar-refractivity contribution in [3.05, 3.63) is 29.5 Å². The molecule has 1 aromatic rings. The molecule has 0 aliphatic heterocycles. The number of phenols is 1. The first-order chi connectivity index (χ1) is 8.12. The van der Waals surface area contributed by atoms with Gasteiger partial charge in [-0.05, 0) is 23.8 Å². The molecule has 0 radical (unpaired) electrons. The number of rotatable bonds is 4. The largest absolute Gasteiger partial charge is 0.504 e. The summed E-state index contributed by atoms with van der Waals surface area (Å²) < 4.78 is 14.4. The number of esters is 1. The topological polar surface area (TPSA) is 65.0 Å². The first-order valence-electron chi connectivity index (χ1n) is 4.83. The molecular formula is C12H14O5. The maximum atomic E-state index is 11.3. The van der Waals surface area contributed by atoms with Crippen molar-refractivity contribution in [2.75, 3.05) is 21.3 Å². The molecule has 0 unspecified atom stereocenters. The van der Waals surface area contributed by atoms with Crippen molar-refractivity contribution in [1.82, 2.24) is 0 Å². The monoisotopic (exact) mass is 238 g/mol. The number of hydrogen-bond donors (Lipinski definition) is 1. The van der Waals surface area contributed by atoms with Crippen molar-refractivity contribution in [1.29, 1.82) is 0 Å². The van der Waals surface area contributed by atoms with E-state index in [0.717, 1.165) is 0 Å². The highest BCUT2D eigenvalue weighted by Crippen LogP contribution is 2.27. The summed E-state index contributed by atoms with van der Waals surface area (Å²) in [5, 5.41) is 9.41. The molecule has 0 bridgehead atoms. The van der Waals surface area contributed by atoms with Crippen molar-refractivity contribution < 1.29 is 24.1 Å². The lowest BCUT2D eigenvalue weighted by molar-refractivity contribution is -0.139. The standard InChI is InChI=1S/C12H14O5/c1-15-10-6-8(4-5-9(10)13)7-11(16-2)12(14)17-3/h4-7,13H,1-3H3/b11-7-. The van der Waals surface area contributed by atoms with Gasteiger partial charge in [-0.2, -0.15) is 0 Å². The normalized spacial score (nSPS) is 10.9. The minimum Gasteiger partial charge on any atom is -0.504 e. The zero-order valence-corrected chi connectivity index (χ0v) is 9.89. The van der Waals surface area contributed by atoms with Crippen molar-refractivity contribution >= 4 is 12.0 Å². The fourth-order valence-electron chi connectivity index (χ4n) is 1.24. The summed E-state index contributed by atoms with van der Waals surface area (Å²) in [5.41, 5.74) is 0.655. The summed E-state index contributed by atoms with van der Waals surface area (Å²) in [6, 6.07) is 4.67. The molecule has 0 saturated heterocycles. The third kappa shape index (κ3) is 3.14. The molecule has 0 atom stereocenters. The van der Waals surface area contributed by atoms with Crippen LogP contribution in [-0.4, -0.2) is 32.4 Å². The number of aromatic hydroxyl groups is 1. The Labute approximate surface area is 99.2 Å². The molecule has 0 aromatic heterocycles. The second kappa shape index (κ2) is 5.79. The van der Waals surface area contributed by atoms with Crippen LogP contribution in [0.5, 0.6) is 11.5 Å². The fraction of sp³-hybridized carbons (Fsp3) is 0.250. The smallest absolute Gasteiger partial charge is 0.373 e. The van der Waals surface area contributed by atoms with Crippen LogP contribution < -0.4 is 4.74 Å². The second-order valence-electron chi connectivity index (χ2n) is 3.14. The van der Waals surface area contributed by atoms with Crippen LogP contribution in [-0.2, 0) is 14.3 Å². The zero-order chi connectivity index (χ0) is 12.8. The molecule has 0 amide bonds. The Hall–Kier alpha value is -2.17. The van der Waals surface area contributed by atoms with Gasteiger partial charge in [0.1, 0.15) is 0 Å². The molecule has 0 fully saturated rings. The molecule has 92 valence electrons. The Morgan fingerprint density at radius 1 is 1.24 bits per heavy atom. The number of carbonyl (C=O) groups excluding carboxylic acids is 1. The highest BCUT2D eigenvalue weighted by atomic mass is 16.6. The summed E-state index contributed by atoms with van der Waals surface area (Å²) in [6.07, 6.45) is 1.49. The minimum absolute atomic E-state index is 0.0293. The molecule has 1 aromatic carbocycles. The Morgan fingerprint density at radius 3 is 2.47 bits per heavy atom. The molecule has 17 heavy (non-hydrogen) atoms. The Morgan fingerprint density at radius 2 is 1.94 bits per heavy atom. The number of phenolic OH excluding ortho intramolecular Hbond substituents is 1. The van der Waals surface area contributed by atoms with Crippen LogP contribution in [0, 0.1) is 0 Å². The van der Waals surface area contributed by atoms with Gasteiger partial charge in [0.05, 0.1) is 21.3 Å². The summed E-state index contributed by atoms with van der Waals surface area (Å²) in [7, 11) is 4.09. The van der Waals surface area contributed by atoms with E-state index in [-0.39, 0.29) is 11.5 Å². The first kappa shape index (κ1) is 12.9. The van der Waals surface area contributed by atoms with E-state index in [9.17, 15) is 9.90 Å². The molecule has 0 aliphatic carbocycles. The summed E-state index contributed by atoms with van der Waals surface area (Å²) in [5.74, 6) is -0.152. The SMILES string of the molecule is COC(=O)/C(=C/c1ccc(O)c(OC)c1)OC. The Bertz CT molecular complexity index is 437. The van der Waals surface area contributed by atoms with Gasteiger partial charge in [0.15, 0.2) is 11.5 Å². The van der Waals surface area contributed by atoms with Gasteiger partial charge in [-0.25, -0.2) is 4.79 Å². The van der Waals surface area contributed by atoms with Crippen LogP contribution in [0.4, 0.5) is 0 Å². The summed E-state index contributed by atoms with van der Waals surface area (Å²) >= 11 is 0. The Kier molecular flexibility index (Phi) is 4.39. The predicted molar refractivity (Wildman–Crippen MR) is 61.7 cm³/mol. The van der Waals surface area contributed by atoms with Crippen LogP contribution in [0.2, 0.25) is 0 Å². The number of methoxy groups -OCH3 is 3. The lowest BCUT2D eigenvalue weighted by Gasteiger charge is -2.06. The third-order valence-corrected chi connectivity index (χ3v) is 2.11. The van der Waals surface area contributed by atoms with E-state index in [1.165, 1.54) is 33.5 Å². The van der Waals surface area contributed by atoms with Gasteiger partial charge in [0, 0.05) is 0 Å². The van der Waals surface area contributed by atoms with E-state index >= 15 is 0 Å². The van der Waals surface area contributed by atoms with E-state index in [0.29, 0.717) is 11.3 Å². The first-order valence-corrected chi connectivity index (χ1v) is 4.83. The number of carbonyl (C=O) groups is 1. The Balaban J connectivity index is 3.07. The quantitative estimate of drug-likeness (QED) is 0.490. The predicted octanol–water partition coefficient (Wildman–Crippen LogP) is 1.56. The van der Waals surface area contributed by atoms with Crippen molar-refractivity contribution in [2.24, 2.45) is 0 Å². The molecule has 0 heterocycles. The van der Waals surface area contributed by atoms with Crippen LogP contribution >= 0.6 is 0 Å². The summed E-state index contributed by atoms with van der Waals surface area (Å²) in [6.45, 7) is 0. The molecule has 0 spiro atoms. The highest BCUT2D eigenvalue weighted by Gasteiger charge is 2.10. The second-order valence-corrected chi connectivity index (χ2v) is 3.14. The third-order valence-electron chi connectivity index (χ3n) is 2.11. The molecule has 0 saturated carbocycles. The van der Waals surface area contributed by atoms with E-state index < -0.39 is 5.97 Å². The van der Waals surface area contributed by atoms with Crippen LogP contribution in [0.25, 0.3) is 6.08 Å². The van der Waals surface area contributed by atoms with E-state index in [2.05, 4.69) is 4.74 Å². The van der Waals surface area contributed by atoms with Gasteiger partial charge in [-0.1, -0.05) is 6.07 Å². The molecule has 1 N–H and O–H groups in total. The lowest BCUT2D eigenvalue weighted by Crippen LogP contribution is -2.06. The van der Waals surface area contributed by atoms with Gasteiger partial charge >= 0.3 is 5.97 Å². The number of benzene rings is 1. The van der Waals surface area contributed by atoms with Crippen LogP contribution in [0.1, 0.15) is 5.56 Å². The number of ether oxygens (including phenoxy) is 3. The van der Waals surface area contributed by atoms with Gasteiger partial charge in [0.2, 0.25) is 5.76 Å². The van der Waals surface area contributed by atoms with Crippen molar-refractivity contribution in [3.63, 3.8) is 0 Å². The van der Waals surface area contributed by atoms with E-state index in [4.69, 9.17) is 9.47 Å². The average Bonchev–Trinajstić information content (AvgIpc) is 2.36. The average molecular weight is 238 g/mol. The maximum absolute atomic E-state index is 11.3. The van der Waals surface area contributed by atoms with Crippen LogP contribution in [0.3, 0.4) is 0 Å². The molecule has 5 heteroatoms. The van der Waals surface area contributed by atoms with E-state index in [1.54, 1.807) is 12.1 Å². The van der Waals surface area contributed by atoms with Gasteiger partial charge < -0.3 is 19.3 Å². The number of hydrogen-bond acceptors (Lipinski definition) is 5. The lowest BCUT2D eigenvalue weighted by atomic mass is 10.2. The summed E-state index contributed by atoms with van der Waals surface area (Å²) in [4.78, 5) is 11.3. The van der Waals surface area contributed by atoms with Gasteiger partial charge in [-0.15, -0.1) is 0 Å². The molecule has 5 nitrogen and oxygen atoms in total. The van der Waals surface area contributed by atoms with Crippen LogP contribution in [0.15, 0.2) is 24.0 Å². The highest BCUT2D eigenvalue weighted by molar-refractivity contribution is 5.91. The molecular weight excluding hydrogens is 224 g/mol. The molecule has 0 aliphatic rings. The minimum atomic E-state index is -0.570. The van der Waals surface area contributed by atoms with Gasteiger partial charge in [-0.3, -0.25) is 0 Å². The fourth-order valence-corrected chi connectivity index (χ4v) is 1.24. The maximum Gasteiger partial charge on any atom is 0.373 e. The van der Waals surface area contributed by atoms with Gasteiger partial charge in [0.25, 0.3) is 0 Å². The molecule has 1 rings (SSSR count).